The van der Waals surface area contributed by atoms with Crippen LogP contribution in [0, 0.1) is 0 Å². The highest BCUT2D eigenvalue weighted by atomic mass is 32.2. The SMILES string of the molecule is CCCCOC(=O)c1ccc(NC(=O)CCc2ccc(S(=O)(=O)NC(C)(C)C)cc2)cc1. The van der Waals surface area contributed by atoms with Crippen LogP contribution in [0.25, 0.3) is 0 Å². The lowest BCUT2D eigenvalue weighted by atomic mass is 10.1. The van der Waals surface area contributed by atoms with Crippen LogP contribution in [0.3, 0.4) is 0 Å². The van der Waals surface area contributed by atoms with Gasteiger partial charge >= 0.3 is 5.97 Å². The highest BCUT2D eigenvalue weighted by molar-refractivity contribution is 7.89. The fraction of sp³-hybridized carbons (Fsp3) is 0.417. The largest absolute Gasteiger partial charge is 0.462 e. The Morgan fingerprint density at radius 2 is 1.59 bits per heavy atom. The Kier molecular flexibility index (Phi) is 8.98. The molecule has 0 aliphatic carbocycles. The van der Waals surface area contributed by atoms with Crippen molar-refractivity contribution in [3.63, 3.8) is 0 Å². The van der Waals surface area contributed by atoms with Gasteiger partial charge in [-0.05, 0) is 75.6 Å². The first-order valence-corrected chi connectivity index (χ1v) is 12.2. The van der Waals surface area contributed by atoms with Gasteiger partial charge in [-0.2, -0.15) is 0 Å². The Balaban J connectivity index is 1.86. The predicted octanol–water partition coefficient (Wildman–Crippen LogP) is 4.29. The second kappa shape index (κ2) is 11.2. The molecule has 1 amide bonds. The number of ether oxygens (including phenoxy) is 1. The molecular weight excluding hydrogens is 428 g/mol. The average Bonchev–Trinajstić information content (AvgIpc) is 2.71. The second-order valence-corrected chi connectivity index (χ2v) is 10.3. The van der Waals surface area contributed by atoms with E-state index in [9.17, 15) is 18.0 Å². The van der Waals surface area contributed by atoms with Crippen molar-refractivity contribution < 1.29 is 22.7 Å². The molecule has 174 valence electrons. The smallest absolute Gasteiger partial charge is 0.338 e. The van der Waals surface area contributed by atoms with Gasteiger partial charge in [-0.25, -0.2) is 17.9 Å². The van der Waals surface area contributed by atoms with E-state index in [0.717, 1.165) is 18.4 Å². The predicted molar refractivity (Wildman–Crippen MR) is 125 cm³/mol. The molecule has 32 heavy (non-hydrogen) atoms. The van der Waals surface area contributed by atoms with E-state index in [4.69, 9.17) is 4.74 Å². The van der Waals surface area contributed by atoms with Crippen molar-refractivity contribution in [2.24, 2.45) is 0 Å². The summed E-state index contributed by atoms with van der Waals surface area (Å²) < 4.78 is 32.5. The number of benzene rings is 2. The van der Waals surface area contributed by atoms with Crippen molar-refractivity contribution in [1.82, 2.24) is 4.72 Å². The van der Waals surface area contributed by atoms with Gasteiger partial charge < -0.3 is 10.1 Å². The fourth-order valence-corrected chi connectivity index (χ4v) is 4.28. The first-order chi connectivity index (χ1) is 15.0. The zero-order valence-corrected chi connectivity index (χ0v) is 19.9. The molecule has 0 bridgehead atoms. The molecule has 0 fully saturated rings. The standard InChI is InChI=1S/C24H32N2O5S/c1-5-6-17-31-23(28)19-10-12-20(13-11-19)25-22(27)16-9-18-7-14-21(15-8-18)32(29,30)26-24(2,3)4/h7-8,10-15,26H,5-6,9,16-17H2,1-4H3,(H,25,27). The van der Waals surface area contributed by atoms with Crippen molar-refractivity contribution in [2.45, 2.75) is 63.8 Å². The molecular formula is C24H32N2O5S. The minimum Gasteiger partial charge on any atom is -0.462 e. The topological polar surface area (TPSA) is 102 Å². The number of rotatable bonds is 10. The maximum atomic E-state index is 12.4. The molecule has 0 saturated heterocycles. The molecule has 0 aromatic heterocycles. The summed E-state index contributed by atoms with van der Waals surface area (Å²) in [5, 5.41) is 2.80. The molecule has 8 heteroatoms. The third-order valence-electron chi connectivity index (χ3n) is 4.45. The van der Waals surface area contributed by atoms with Gasteiger partial charge in [0.1, 0.15) is 0 Å². The Hall–Kier alpha value is -2.71. The van der Waals surface area contributed by atoms with Crippen LogP contribution in [-0.4, -0.2) is 32.4 Å². The molecule has 2 N–H and O–H groups in total. The summed E-state index contributed by atoms with van der Waals surface area (Å²) in [5.41, 5.74) is 1.33. The highest BCUT2D eigenvalue weighted by Crippen LogP contribution is 2.16. The van der Waals surface area contributed by atoms with Crippen molar-refractivity contribution in [2.75, 3.05) is 11.9 Å². The first-order valence-electron chi connectivity index (χ1n) is 10.7. The monoisotopic (exact) mass is 460 g/mol. The van der Waals surface area contributed by atoms with E-state index in [1.807, 2.05) is 6.92 Å². The lowest BCUT2D eigenvalue weighted by Gasteiger charge is -2.20. The minimum absolute atomic E-state index is 0.172. The van der Waals surface area contributed by atoms with Gasteiger partial charge in [-0.3, -0.25) is 4.79 Å². The van der Waals surface area contributed by atoms with Crippen LogP contribution in [0.2, 0.25) is 0 Å². The molecule has 0 spiro atoms. The fourth-order valence-electron chi connectivity index (χ4n) is 2.86. The van der Waals surface area contributed by atoms with Gasteiger partial charge in [0.25, 0.3) is 0 Å². The summed E-state index contributed by atoms with van der Waals surface area (Å²) in [7, 11) is -3.59. The molecule has 7 nitrogen and oxygen atoms in total. The number of amides is 1. The second-order valence-electron chi connectivity index (χ2n) is 8.61. The van der Waals surface area contributed by atoms with E-state index in [-0.39, 0.29) is 23.2 Å². The van der Waals surface area contributed by atoms with Crippen LogP contribution >= 0.6 is 0 Å². The van der Waals surface area contributed by atoms with Crippen LogP contribution in [0.15, 0.2) is 53.4 Å². The number of carbonyl (C=O) groups excluding carboxylic acids is 2. The third kappa shape index (κ3) is 8.43. The molecule has 0 atom stereocenters. The molecule has 0 saturated carbocycles. The molecule has 0 heterocycles. The van der Waals surface area contributed by atoms with Crippen LogP contribution in [-0.2, 0) is 26.0 Å². The van der Waals surface area contributed by atoms with Gasteiger partial charge in [0.15, 0.2) is 0 Å². The molecule has 2 aromatic carbocycles. The summed E-state index contributed by atoms with van der Waals surface area (Å²) in [6, 6.07) is 13.1. The van der Waals surface area contributed by atoms with Crippen molar-refractivity contribution >= 4 is 27.6 Å². The summed E-state index contributed by atoms with van der Waals surface area (Å²) >= 11 is 0. The number of hydrogen-bond acceptors (Lipinski definition) is 5. The van der Waals surface area contributed by atoms with Gasteiger partial charge in [0, 0.05) is 17.6 Å². The maximum Gasteiger partial charge on any atom is 0.338 e. The van der Waals surface area contributed by atoms with E-state index in [0.29, 0.717) is 24.3 Å². The first kappa shape index (κ1) is 25.5. The zero-order chi connectivity index (χ0) is 23.8. The van der Waals surface area contributed by atoms with Crippen LogP contribution < -0.4 is 10.0 Å². The summed E-state index contributed by atoms with van der Waals surface area (Å²) in [6.45, 7) is 7.77. The number of esters is 1. The molecule has 2 aromatic rings. The summed E-state index contributed by atoms with van der Waals surface area (Å²) in [6.07, 6.45) is 2.50. The lowest BCUT2D eigenvalue weighted by molar-refractivity contribution is -0.116. The highest BCUT2D eigenvalue weighted by Gasteiger charge is 2.21. The number of hydrogen-bond donors (Lipinski definition) is 2. The third-order valence-corrected chi connectivity index (χ3v) is 6.22. The molecule has 2 rings (SSSR count). The molecule has 0 unspecified atom stereocenters. The maximum absolute atomic E-state index is 12.4. The number of aryl methyl sites for hydroxylation is 1. The van der Waals surface area contributed by atoms with Gasteiger partial charge in [0.2, 0.25) is 15.9 Å². The van der Waals surface area contributed by atoms with E-state index >= 15 is 0 Å². The van der Waals surface area contributed by atoms with Gasteiger partial charge in [-0.1, -0.05) is 25.5 Å². The number of nitrogens with one attached hydrogen (secondary N) is 2. The van der Waals surface area contributed by atoms with E-state index in [1.165, 1.54) is 0 Å². The molecule has 0 radical (unpaired) electrons. The van der Waals surface area contributed by atoms with Crippen molar-refractivity contribution in [1.29, 1.82) is 0 Å². The minimum atomic E-state index is -3.59. The Morgan fingerprint density at radius 1 is 0.969 bits per heavy atom. The average molecular weight is 461 g/mol. The zero-order valence-electron chi connectivity index (χ0n) is 19.1. The lowest BCUT2D eigenvalue weighted by Crippen LogP contribution is -2.40. The van der Waals surface area contributed by atoms with E-state index < -0.39 is 15.6 Å². The van der Waals surface area contributed by atoms with Crippen molar-refractivity contribution in [3.05, 3.63) is 59.7 Å². The van der Waals surface area contributed by atoms with Crippen LogP contribution in [0.5, 0.6) is 0 Å². The Bertz CT molecular complexity index is 1010. The molecule has 0 aliphatic rings. The van der Waals surface area contributed by atoms with Crippen molar-refractivity contribution in [3.8, 4) is 0 Å². The molecule has 0 aliphatic heterocycles. The Morgan fingerprint density at radius 3 is 2.16 bits per heavy atom. The quantitative estimate of drug-likeness (QED) is 0.407. The number of sulfonamides is 1. The number of anilines is 1. The van der Waals surface area contributed by atoms with Crippen LogP contribution in [0.1, 0.15) is 62.9 Å². The number of carbonyl (C=O) groups is 2. The summed E-state index contributed by atoms with van der Waals surface area (Å²) in [4.78, 5) is 24.4. The van der Waals surface area contributed by atoms with Gasteiger partial charge in [0.05, 0.1) is 17.1 Å². The Labute approximate surface area is 190 Å². The summed E-state index contributed by atoms with van der Waals surface area (Å²) in [5.74, 6) is -0.547. The van der Waals surface area contributed by atoms with Gasteiger partial charge in [-0.15, -0.1) is 0 Å². The van der Waals surface area contributed by atoms with E-state index in [2.05, 4.69) is 10.0 Å². The van der Waals surface area contributed by atoms with Crippen LogP contribution in [0.4, 0.5) is 5.69 Å². The number of unbranched alkanes of at least 4 members (excludes halogenated alkanes) is 1. The normalized spacial score (nSPS) is 11.8. The van der Waals surface area contributed by atoms with E-state index in [1.54, 1.807) is 69.3 Å².